The molecule has 0 spiro atoms. The molecule has 144 valence electrons. The predicted octanol–water partition coefficient (Wildman–Crippen LogP) is 2.93. The van der Waals surface area contributed by atoms with Crippen LogP contribution in [-0.2, 0) is 14.8 Å². The summed E-state index contributed by atoms with van der Waals surface area (Å²) in [6.07, 6.45) is 0. The molecule has 0 atom stereocenters. The molecule has 0 aliphatic heterocycles. The molecule has 7 nitrogen and oxygen atoms in total. The average Bonchev–Trinajstić information content (AvgIpc) is 2.62. The van der Waals surface area contributed by atoms with Gasteiger partial charge in [-0.2, -0.15) is 4.31 Å². The molecule has 0 heterocycles. The molecule has 0 bridgehead atoms. The lowest BCUT2D eigenvalue weighted by Crippen LogP contribution is -2.30. The Morgan fingerprint density at radius 2 is 1.52 bits per heavy atom. The van der Waals surface area contributed by atoms with Crippen LogP contribution in [0.15, 0.2) is 53.4 Å². The Kier molecular flexibility index (Phi) is 6.70. The first kappa shape index (κ1) is 20.6. The number of hydrogen-bond acceptors (Lipinski definition) is 4. The van der Waals surface area contributed by atoms with Crippen LogP contribution < -0.4 is 10.6 Å². The average molecular weight is 389 g/mol. The van der Waals surface area contributed by atoms with Gasteiger partial charge >= 0.3 is 0 Å². The summed E-state index contributed by atoms with van der Waals surface area (Å²) in [5.41, 5.74) is 1.27. The van der Waals surface area contributed by atoms with Crippen LogP contribution in [0.4, 0.5) is 11.4 Å². The van der Waals surface area contributed by atoms with Crippen molar-refractivity contribution in [2.75, 3.05) is 23.7 Å². The van der Waals surface area contributed by atoms with Gasteiger partial charge in [0.15, 0.2) is 0 Å². The molecular formula is C19H23N3O4S. The maximum Gasteiger partial charge on any atom is 0.255 e. The predicted molar refractivity (Wildman–Crippen MR) is 105 cm³/mol. The quantitative estimate of drug-likeness (QED) is 0.761. The van der Waals surface area contributed by atoms with E-state index in [1.807, 2.05) is 0 Å². The maximum absolute atomic E-state index is 12.6. The summed E-state index contributed by atoms with van der Waals surface area (Å²) in [5.74, 6) is -0.653. The molecule has 0 radical (unpaired) electrons. The first-order valence-electron chi connectivity index (χ1n) is 8.57. The van der Waals surface area contributed by atoms with Gasteiger partial charge in [-0.3, -0.25) is 9.59 Å². The summed E-state index contributed by atoms with van der Waals surface area (Å²) in [6, 6.07) is 12.6. The fourth-order valence-corrected chi connectivity index (χ4v) is 4.10. The molecule has 0 aliphatic rings. The highest BCUT2D eigenvalue weighted by molar-refractivity contribution is 7.89. The number of benzene rings is 2. The minimum atomic E-state index is -3.64. The summed E-state index contributed by atoms with van der Waals surface area (Å²) < 4.78 is 26.6. The van der Waals surface area contributed by atoms with E-state index in [4.69, 9.17) is 0 Å². The van der Waals surface area contributed by atoms with Crippen molar-refractivity contribution in [2.24, 2.45) is 0 Å². The van der Waals surface area contributed by atoms with Gasteiger partial charge < -0.3 is 10.6 Å². The number of anilines is 2. The molecule has 27 heavy (non-hydrogen) atoms. The van der Waals surface area contributed by atoms with Crippen molar-refractivity contribution in [1.29, 1.82) is 0 Å². The summed E-state index contributed by atoms with van der Waals surface area (Å²) in [5, 5.41) is 5.35. The van der Waals surface area contributed by atoms with E-state index in [1.54, 1.807) is 50.2 Å². The first-order chi connectivity index (χ1) is 12.8. The third-order valence-electron chi connectivity index (χ3n) is 3.88. The Hall–Kier alpha value is -2.71. The molecule has 0 unspecified atom stereocenters. The Balaban J connectivity index is 2.24. The number of carbonyl (C=O) groups excluding carboxylic acids is 2. The Labute approximate surface area is 159 Å². The van der Waals surface area contributed by atoms with E-state index in [1.165, 1.54) is 23.4 Å². The Morgan fingerprint density at radius 3 is 2.11 bits per heavy atom. The van der Waals surface area contributed by atoms with Crippen LogP contribution in [0.3, 0.4) is 0 Å². The van der Waals surface area contributed by atoms with Gasteiger partial charge in [-0.25, -0.2) is 8.42 Å². The van der Waals surface area contributed by atoms with E-state index in [0.29, 0.717) is 24.5 Å². The summed E-state index contributed by atoms with van der Waals surface area (Å²) in [7, 11) is -3.64. The van der Waals surface area contributed by atoms with Gasteiger partial charge in [-0.1, -0.05) is 26.0 Å². The van der Waals surface area contributed by atoms with Gasteiger partial charge in [0, 0.05) is 37.0 Å². The van der Waals surface area contributed by atoms with Crippen molar-refractivity contribution in [1.82, 2.24) is 4.31 Å². The lowest BCUT2D eigenvalue weighted by molar-refractivity contribution is -0.114. The van der Waals surface area contributed by atoms with Crippen molar-refractivity contribution in [2.45, 2.75) is 25.7 Å². The number of nitrogens with one attached hydrogen (secondary N) is 2. The van der Waals surface area contributed by atoms with Crippen LogP contribution >= 0.6 is 0 Å². The molecule has 2 N–H and O–H groups in total. The van der Waals surface area contributed by atoms with Crippen molar-refractivity contribution in [3.8, 4) is 0 Å². The van der Waals surface area contributed by atoms with E-state index < -0.39 is 15.9 Å². The molecule has 0 fully saturated rings. The summed E-state index contributed by atoms with van der Waals surface area (Å²) >= 11 is 0. The van der Waals surface area contributed by atoms with Gasteiger partial charge in [0.1, 0.15) is 0 Å². The molecule has 0 aliphatic carbocycles. The highest BCUT2D eigenvalue weighted by atomic mass is 32.2. The Morgan fingerprint density at radius 1 is 0.926 bits per heavy atom. The molecule has 2 aromatic carbocycles. The SMILES string of the molecule is CCN(CC)S(=O)(=O)c1cccc(C(=O)Nc2cccc(NC(C)=O)c2)c1. The molecule has 2 amide bonds. The number of nitrogens with zero attached hydrogens (tertiary/aromatic N) is 1. The zero-order valence-corrected chi connectivity index (χ0v) is 16.3. The monoisotopic (exact) mass is 389 g/mol. The normalized spacial score (nSPS) is 11.3. The zero-order chi connectivity index (χ0) is 20.0. The van der Waals surface area contributed by atoms with E-state index in [0.717, 1.165) is 0 Å². The molecule has 0 aromatic heterocycles. The van der Waals surface area contributed by atoms with Crippen LogP contribution in [0.1, 0.15) is 31.1 Å². The topological polar surface area (TPSA) is 95.6 Å². The van der Waals surface area contributed by atoms with Crippen LogP contribution in [0, 0.1) is 0 Å². The summed E-state index contributed by atoms with van der Waals surface area (Å²) in [6.45, 7) is 5.63. The minimum absolute atomic E-state index is 0.0749. The largest absolute Gasteiger partial charge is 0.326 e. The van der Waals surface area contributed by atoms with Gasteiger partial charge in [-0.15, -0.1) is 0 Å². The molecule has 8 heteroatoms. The highest BCUT2D eigenvalue weighted by Crippen LogP contribution is 2.19. The van der Waals surface area contributed by atoms with Crippen molar-refractivity contribution >= 4 is 33.2 Å². The molecule has 0 saturated carbocycles. The molecule has 2 aromatic rings. The second-order valence-corrected chi connectivity index (χ2v) is 7.77. The standard InChI is InChI=1S/C19H23N3O4S/c1-4-22(5-2)27(25,26)18-11-6-8-15(12-18)19(24)21-17-10-7-9-16(13-17)20-14(3)23/h6-13H,4-5H2,1-3H3,(H,20,23)(H,21,24). The van der Waals surface area contributed by atoms with Gasteiger partial charge in [0.2, 0.25) is 15.9 Å². The van der Waals surface area contributed by atoms with Crippen molar-refractivity contribution in [3.63, 3.8) is 0 Å². The number of amides is 2. The third kappa shape index (κ3) is 5.15. The molecule has 2 rings (SSSR count). The number of carbonyl (C=O) groups is 2. The molecule has 0 saturated heterocycles. The Bertz CT molecular complexity index is 937. The van der Waals surface area contributed by atoms with Gasteiger partial charge in [0.25, 0.3) is 5.91 Å². The fourth-order valence-electron chi connectivity index (χ4n) is 2.59. The lowest BCUT2D eigenvalue weighted by Gasteiger charge is -2.18. The van der Waals surface area contributed by atoms with Gasteiger partial charge in [0.05, 0.1) is 4.90 Å². The zero-order valence-electron chi connectivity index (χ0n) is 15.5. The van der Waals surface area contributed by atoms with Crippen LogP contribution in [0.5, 0.6) is 0 Å². The van der Waals surface area contributed by atoms with Crippen LogP contribution in [-0.4, -0.2) is 37.6 Å². The van der Waals surface area contributed by atoms with E-state index in [9.17, 15) is 18.0 Å². The highest BCUT2D eigenvalue weighted by Gasteiger charge is 2.22. The van der Waals surface area contributed by atoms with Crippen molar-refractivity contribution in [3.05, 3.63) is 54.1 Å². The number of hydrogen-bond donors (Lipinski definition) is 2. The first-order valence-corrected chi connectivity index (χ1v) is 10.0. The maximum atomic E-state index is 12.6. The van der Waals surface area contributed by atoms with Crippen LogP contribution in [0.25, 0.3) is 0 Å². The fraction of sp³-hybridized carbons (Fsp3) is 0.263. The number of sulfonamides is 1. The second-order valence-electron chi connectivity index (χ2n) is 5.83. The number of rotatable bonds is 7. The smallest absolute Gasteiger partial charge is 0.255 e. The van der Waals surface area contributed by atoms with E-state index in [-0.39, 0.29) is 16.4 Å². The van der Waals surface area contributed by atoms with Gasteiger partial charge in [-0.05, 0) is 36.4 Å². The van der Waals surface area contributed by atoms with Crippen molar-refractivity contribution < 1.29 is 18.0 Å². The van der Waals surface area contributed by atoms with Crippen LogP contribution in [0.2, 0.25) is 0 Å². The van der Waals surface area contributed by atoms with E-state index in [2.05, 4.69) is 10.6 Å². The minimum Gasteiger partial charge on any atom is -0.326 e. The molecular weight excluding hydrogens is 366 g/mol. The van der Waals surface area contributed by atoms with E-state index >= 15 is 0 Å². The summed E-state index contributed by atoms with van der Waals surface area (Å²) in [4.78, 5) is 23.7. The second kappa shape index (κ2) is 8.79. The third-order valence-corrected chi connectivity index (χ3v) is 5.93. The lowest BCUT2D eigenvalue weighted by atomic mass is 10.2.